The van der Waals surface area contributed by atoms with Gasteiger partial charge in [0, 0.05) is 6.04 Å². The zero-order valence-corrected chi connectivity index (χ0v) is 14.3. The Morgan fingerprint density at radius 1 is 1.04 bits per heavy atom. The number of hydrogen-bond acceptors (Lipinski definition) is 2. The molecule has 0 radical (unpaired) electrons. The molecule has 1 amide bonds. The molecule has 1 aliphatic rings. The fourth-order valence-electron chi connectivity index (χ4n) is 3.40. The van der Waals surface area contributed by atoms with Crippen molar-refractivity contribution in [3.05, 3.63) is 71.8 Å². The molecule has 3 rings (SSSR count). The van der Waals surface area contributed by atoms with Crippen molar-refractivity contribution in [3.8, 4) is 12.3 Å². The van der Waals surface area contributed by atoms with E-state index in [-0.39, 0.29) is 24.8 Å². The van der Waals surface area contributed by atoms with Crippen LogP contribution in [0.4, 0.5) is 4.79 Å². The highest BCUT2D eigenvalue weighted by Gasteiger charge is 2.34. The zero-order valence-electron chi connectivity index (χ0n) is 14.3. The third-order valence-electron chi connectivity index (χ3n) is 4.67. The van der Waals surface area contributed by atoms with Gasteiger partial charge < -0.3 is 4.74 Å². The van der Waals surface area contributed by atoms with Gasteiger partial charge in [0.2, 0.25) is 0 Å². The van der Waals surface area contributed by atoms with Gasteiger partial charge >= 0.3 is 6.09 Å². The van der Waals surface area contributed by atoms with Crippen LogP contribution in [-0.4, -0.2) is 23.1 Å². The summed E-state index contributed by atoms with van der Waals surface area (Å²) in [5.74, 6) is 2.77. The molecular formula is C22H23NO2. The van der Waals surface area contributed by atoms with E-state index in [4.69, 9.17) is 11.2 Å². The Morgan fingerprint density at radius 3 is 2.32 bits per heavy atom. The number of carbonyl (C=O) groups excluding carboxylic acids is 1. The van der Waals surface area contributed by atoms with Crippen LogP contribution < -0.4 is 0 Å². The van der Waals surface area contributed by atoms with E-state index >= 15 is 0 Å². The highest BCUT2D eigenvalue weighted by molar-refractivity contribution is 5.69. The van der Waals surface area contributed by atoms with Gasteiger partial charge in [-0.2, -0.15) is 0 Å². The molecule has 1 heterocycles. The Kier molecular flexibility index (Phi) is 5.74. The first-order valence-corrected chi connectivity index (χ1v) is 8.77. The number of ether oxygens (including phenoxy) is 1. The van der Waals surface area contributed by atoms with Crippen LogP contribution >= 0.6 is 0 Å². The van der Waals surface area contributed by atoms with Crippen LogP contribution in [0.2, 0.25) is 0 Å². The lowest BCUT2D eigenvalue weighted by Gasteiger charge is -2.39. The molecule has 3 nitrogen and oxygen atoms in total. The van der Waals surface area contributed by atoms with Crippen molar-refractivity contribution >= 4 is 6.09 Å². The summed E-state index contributed by atoms with van der Waals surface area (Å²) in [6.07, 6.45) is 9.01. The minimum atomic E-state index is -0.313. The molecule has 0 saturated carbocycles. The van der Waals surface area contributed by atoms with Crippen molar-refractivity contribution in [2.24, 2.45) is 0 Å². The largest absolute Gasteiger partial charge is 0.445 e. The third-order valence-corrected chi connectivity index (χ3v) is 4.67. The quantitative estimate of drug-likeness (QED) is 0.775. The fourth-order valence-corrected chi connectivity index (χ4v) is 3.40. The molecule has 25 heavy (non-hydrogen) atoms. The number of nitrogens with zero attached hydrogens (tertiary/aromatic N) is 1. The number of amides is 1. The Labute approximate surface area is 149 Å². The molecule has 0 N–H and O–H groups in total. The Bertz CT molecular complexity index is 721. The highest BCUT2D eigenvalue weighted by Crippen LogP contribution is 2.26. The van der Waals surface area contributed by atoms with Crippen LogP contribution in [0.3, 0.4) is 0 Å². The molecule has 2 atom stereocenters. The number of carbonyl (C=O) groups is 1. The summed E-state index contributed by atoms with van der Waals surface area (Å²) in [4.78, 5) is 14.5. The lowest BCUT2D eigenvalue weighted by atomic mass is 9.92. The van der Waals surface area contributed by atoms with Gasteiger partial charge in [0.15, 0.2) is 0 Å². The molecule has 0 aliphatic carbocycles. The maximum atomic E-state index is 12.7. The van der Waals surface area contributed by atoms with E-state index in [1.54, 1.807) is 4.90 Å². The van der Waals surface area contributed by atoms with Gasteiger partial charge in [-0.05, 0) is 36.8 Å². The second-order valence-corrected chi connectivity index (χ2v) is 6.40. The van der Waals surface area contributed by atoms with Crippen molar-refractivity contribution in [1.82, 2.24) is 4.90 Å². The topological polar surface area (TPSA) is 29.5 Å². The van der Waals surface area contributed by atoms with Crippen molar-refractivity contribution in [2.75, 3.05) is 0 Å². The summed E-state index contributed by atoms with van der Waals surface area (Å²) < 4.78 is 5.56. The van der Waals surface area contributed by atoms with Gasteiger partial charge in [0.05, 0.1) is 6.04 Å². The minimum Gasteiger partial charge on any atom is -0.445 e. The van der Waals surface area contributed by atoms with Gasteiger partial charge in [0.1, 0.15) is 6.61 Å². The molecule has 0 aromatic heterocycles. The number of terminal acetylenes is 1. The van der Waals surface area contributed by atoms with E-state index < -0.39 is 0 Å². The van der Waals surface area contributed by atoms with Crippen LogP contribution in [0.1, 0.15) is 30.4 Å². The highest BCUT2D eigenvalue weighted by atomic mass is 16.6. The van der Waals surface area contributed by atoms with Crippen LogP contribution in [0.5, 0.6) is 0 Å². The maximum Gasteiger partial charge on any atom is 0.411 e. The monoisotopic (exact) mass is 333 g/mol. The number of rotatable bonds is 4. The smallest absolute Gasteiger partial charge is 0.411 e. The van der Waals surface area contributed by atoms with Crippen molar-refractivity contribution in [2.45, 2.75) is 44.4 Å². The summed E-state index contributed by atoms with van der Waals surface area (Å²) in [5, 5.41) is 0. The predicted molar refractivity (Wildman–Crippen MR) is 98.9 cm³/mol. The van der Waals surface area contributed by atoms with Crippen LogP contribution in [0.15, 0.2) is 60.7 Å². The number of likely N-dealkylation sites (tertiary alicyclic amines) is 1. The van der Waals surface area contributed by atoms with Gasteiger partial charge in [-0.25, -0.2) is 4.79 Å². The van der Waals surface area contributed by atoms with Crippen LogP contribution in [-0.2, 0) is 17.8 Å². The van der Waals surface area contributed by atoms with E-state index in [0.29, 0.717) is 0 Å². The Balaban J connectivity index is 1.70. The van der Waals surface area contributed by atoms with Gasteiger partial charge in [-0.3, -0.25) is 4.90 Å². The molecular weight excluding hydrogens is 310 g/mol. The molecule has 1 aliphatic heterocycles. The van der Waals surface area contributed by atoms with Crippen LogP contribution in [0.25, 0.3) is 0 Å². The second-order valence-electron chi connectivity index (χ2n) is 6.40. The molecule has 0 bridgehead atoms. The van der Waals surface area contributed by atoms with Crippen LogP contribution in [0, 0.1) is 12.3 Å². The first-order valence-electron chi connectivity index (χ1n) is 8.77. The van der Waals surface area contributed by atoms with E-state index in [9.17, 15) is 4.79 Å². The molecule has 128 valence electrons. The predicted octanol–water partition coefficient (Wildman–Crippen LogP) is 4.42. The summed E-state index contributed by atoms with van der Waals surface area (Å²) >= 11 is 0. The van der Waals surface area contributed by atoms with E-state index in [0.717, 1.165) is 31.2 Å². The standard InChI is InChI=1S/C22H23NO2/c1-2-20-14-9-15-21(16-18-10-5-3-6-11-18)23(20)22(24)25-17-19-12-7-4-8-13-19/h1,3-8,10-13,20-21H,9,14-17H2/t20-,21-/m0/s1. The fraction of sp³-hybridized carbons (Fsp3) is 0.318. The first-order chi connectivity index (χ1) is 12.3. The van der Waals surface area contributed by atoms with Gasteiger partial charge in [0.25, 0.3) is 0 Å². The minimum absolute atomic E-state index is 0.0838. The third kappa shape index (κ3) is 4.42. The molecule has 1 fully saturated rings. The number of hydrogen-bond donors (Lipinski definition) is 0. The SMILES string of the molecule is C#C[C@H]1CCC[C@@H](Cc2ccccc2)N1C(=O)OCc1ccccc1. The van der Waals surface area contributed by atoms with Crippen molar-refractivity contribution in [1.29, 1.82) is 0 Å². The normalized spacial score (nSPS) is 19.9. The average Bonchev–Trinajstić information content (AvgIpc) is 2.67. The van der Waals surface area contributed by atoms with E-state index in [1.165, 1.54) is 5.56 Å². The molecule has 1 saturated heterocycles. The number of benzene rings is 2. The molecule has 2 aromatic carbocycles. The second kappa shape index (κ2) is 8.39. The average molecular weight is 333 g/mol. The van der Waals surface area contributed by atoms with Gasteiger partial charge in [-0.1, -0.05) is 66.6 Å². The number of piperidine rings is 1. The van der Waals surface area contributed by atoms with Gasteiger partial charge in [-0.15, -0.1) is 6.42 Å². The van der Waals surface area contributed by atoms with E-state index in [2.05, 4.69) is 18.1 Å². The summed E-state index contributed by atoms with van der Waals surface area (Å²) in [5.41, 5.74) is 2.19. The molecule has 3 heteroatoms. The lowest BCUT2D eigenvalue weighted by Crippen LogP contribution is -2.50. The molecule has 2 aromatic rings. The first kappa shape index (κ1) is 17.1. The Morgan fingerprint density at radius 2 is 1.68 bits per heavy atom. The zero-order chi connectivity index (χ0) is 17.5. The van der Waals surface area contributed by atoms with Crippen molar-refractivity contribution < 1.29 is 9.53 Å². The molecule has 0 unspecified atom stereocenters. The van der Waals surface area contributed by atoms with E-state index in [1.807, 2.05) is 48.5 Å². The molecule has 0 spiro atoms. The summed E-state index contributed by atoms with van der Waals surface area (Å²) in [7, 11) is 0. The Hall–Kier alpha value is -2.73. The summed E-state index contributed by atoms with van der Waals surface area (Å²) in [6, 6.07) is 19.8. The lowest BCUT2D eigenvalue weighted by molar-refractivity contribution is 0.0549. The summed E-state index contributed by atoms with van der Waals surface area (Å²) in [6.45, 7) is 0.269. The maximum absolute atomic E-state index is 12.7. The van der Waals surface area contributed by atoms with Crippen molar-refractivity contribution in [3.63, 3.8) is 0 Å².